The Morgan fingerprint density at radius 2 is 2.00 bits per heavy atom. The van der Waals surface area contributed by atoms with Crippen molar-refractivity contribution >= 4 is 0 Å². The number of nitrogens with two attached hydrogens (primary N) is 1. The molecule has 0 bridgehead atoms. The molecule has 90 valence electrons. The Bertz CT molecular complexity index is 179. The molecular weight excluding hydrogens is 198 g/mol. The van der Waals surface area contributed by atoms with Crippen LogP contribution < -0.4 is 5.73 Å². The topological polar surface area (TPSA) is 62.9 Å². The quantitative estimate of drug-likeness (QED) is 0.669. The molecule has 0 aliphatic carbocycles. The van der Waals surface area contributed by atoms with E-state index >= 15 is 0 Å². The van der Waals surface area contributed by atoms with Crippen LogP contribution >= 0.6 is 0 Å². The van der Waals surface area contributed by atoms with E-state index in [1.165, 1.54) is 0 Å². The van der Waals surface area contributed by atoms with E-state index in [0.29, 0.717) is 19.8 Å². The number of methoxy groups -OCH3 is 2. The van der Waals surface area contributed by atoms with Gasteiger partial charge in [-0.05, 0) is 6.92 Å². The van der Waals surface area contributed by atoms with Gasteiger partial charge in [-0.1, -0.05) is 0 Å². The first-order chi connectivity index (χ1) is 7.24. The Labute approximate surface area is 90.8 Å². The van der Waals surface area contributed by atoms with E-state index < -0.39 is 0 Å². The van der Waals surface area contributed by atoms with Crippen LogP contribution in [-0.4, -0.2) is 58.4 Å². The highest BCUT2D eigenvalue weighted by Crippen LogP contribution is 2.26. The molecular formula is C10H21NO4. The molecule has 5 heteroatoms. The summed E-state index contributed by atoms with van der Waals surface area (Å²) in [5.41, 5.74) is 5.40. The summed E-state index contributed by atoms with van der Waals surface area (Å²) in [6.07, 6.45) is -0.176. The molecule has 0 radical (unpaired) electrons. The second kappa shape index (κ2) is 6.40. The zero-order chi connectivity index (χ0) is 11.3. The molecule has 4 atom stereocenters. The van der Waals surface area contributed by atoms with Crippen LogP contribution in [0.1, 0.15) is 6.92 Å². The number of rotatable bonds is 6. The van der Waals surface area contributed by atoms with E-state index in [1.54, 1.807) is 14.2 Å². The summed E-state index contributed by atoms with van der Waals surface area (Å²) in [7, 11) is 3.31. The zero-order valence-electron chi connectivity index (χ0n) is 9.64. The summed E-state index contributed by atoms with van der Waals surface area (Å²) in [6, 6.07) is 0. The zero-order valence-corrected chi connectivity index (χ0v) is 9.64. The van der Waals surface area contributed by atoms with Crippen LogP contribution in [0.4, 0.5) is 0 Å². The molecule has 1 unspecified atom stereocenters. The summed E-state index contributed by atoms with van der Waals surface area (Å²) in [5.74, 6) is 0. The van der Waals surface area contributed by atoms with Crippen LogP contribution in [0.5, 0.6) is 0 Å². The van der Waals surface area contributed by atoms with E-state index in [1.807, 2.05) is 6.92 Å². The molecule has 0 aromatic heterocycles. The third-order valence-corrected chi connectivity index (χ3v) is 2.57. The van der Waals surface area contributed by atoms with Crippen molar-refractivity contribution in [2.75, 3.05) is 34.0 Å². The van der Waals surface area contributed by atoms with Gasteiger partial charge >= 0.3 is 0 Å². The Morgan fingerprint density at radius 3 is 2.53 bits per heavy atom. The van der Waals surface area contributed by atoms with Gasteiger partial charge in [-0.3, -0.25) is 0 Å². The van der Waals surface area contributed by atoms with Gasteiger partial charge < -0.3 is 24.7 Å². The van der Waals surface area contributed by atoms with Crippen molar-refractivity contribution in [1.82, 2.24) is 0 Å². The largest absolute Gasteiger partial charge is 0.382 e. The average Bonchev–Trinajstić information content (AvgIpc) is 2.52. The molecule has 0 amide bonds. The maximum atomic E-state index is 5.70. The normalized spacial score (nSPS) is 36.0. The molecule has 2 N–H and O–H groups in total. The lowest BCUT2D eigenvalue weighted by molar-refractivity contribution is -0.0544. The Balaban J connectivity index is 2.52. The summed E-state index contributed by atoms with van der Waals surface area (Å²) in [6.45, 7) is 3.53. The summed E-state index contributed by atoms with van der Waals surface area (Å²) in [4.78, 5) is 0. The van der Waals surface area contributed by atoms with E-state index in [2.05, 4.69) is 0 Å². The van der Waals surface area contributed by atoms with Crippen molar-refractivity contribution in [3.05, 3.63) is 0 Å². The van der Waals surface area contributed by atoms with E-state index in [0.717, 1.165) is 0 Å². The Hall–Kier alpha value is -0.200. The molecule has 0 spiro atoms. The first kappa shape index (κ1) is 12.9. The molecule has 1 fully saturated rings. The molecule has 1 aliphatic rings. The van der Waals surface area contributed by atoms with Gasteiger partial charge in [0.05, 0.1) is 19.3 Å². The van der Waals surface area contributed by atoms with Crippen molar-refractivity contribution in [2.24, 2.45) is 5.73 Å². The van der Waals surface area contributed by atoms with Crippen LogP contribution in [0.25, 0.3) is 0 Å². The van der Waals surface area contributed by atoms with Crippen molar-refractivity contribution < 1.29 is 18.9 Å². The van der Waals surface area contributed by atoms with Crippen molar-refractivity contribution in [3.8, 4) is 0 Å². The summed E-state index contributed by atoms with van der Waals surface area (Å²) >= 11 is 0. The standard InChI is InChI=1S/C10H21NO4/c1-7-9(14-5-4-11)10(13-3)8(15-7)6-12-2/h7-10H,4-6,11H2,1-3H3/t7-,8+,9?,10-/m0/s1. The van der Waals surface area contributed by atoms with Gasteiger partial charge in [-0.15, -0.1) is 0 Å². The van der Waals surface area contributed by atoms with Crippen LogP contribution in [0, 0.1) is 0 Å². The molecule has 0 aromatic carbocycles. The number of ether oxygens (including phenoxy) is 4. The van der Waals surface area contributed by atoms with Crippen LogP contribution in [0.15, 0.2) is 0 Å². The Morgan fingerprint density at radius 1 is 1.27 bits per heavy atom. The average molecular weight is 219 g/mol. The smallest absolute Gasteiger partial charge is 0.114 e. The fourth-order valence-corrected chi connectivity index (χ4v) is 1.93. The first-order valence-corrected chi connectivity index (χ1v) is 5.23. The Kier molecular flexibility index (Phi) is 5.49. The van der Waals surface area contributed by atoms with E-state index in [9.17, 15) is 0 Å². The van der Waals surface area contributed by atoms with E-state index in [-0.39, 0.29) is 24.4 Å². The number of hydrogen-bond donors (Lipinski definition) is 1. The van der Waals surface area contributed by atoms with Gasteiger partial charge in [-0.25, -0.2) is 0 Å². The van der Waals surface area contributed by atoms with Gasteiger partial charge in [0, 0.05) is 20.8 Å². The maximum absolute atomic E-state index is 5.70. The summed E-state index contributed by atoms with van der Waals surface area (Å²) < 4.78 is 21.8. The predicted octanol–water partition coefficient (Wildman–Crippen LogP) is -0.221. The van der Waals surface area contributed by atoms with Gasteiger partial charge in [0.2, 0.25) is 0 Å². The second-order valence-corrected chi connectivity index (χ2v) is 3.66. The second-order valence-electron chi connectivity index (χ2n) is 3.66. The maximum Gasteiger partial charge on any atom is 0.114 e. The fourth-order valence-electron chi connectivity index (χ4n) is 1.93. The number of hydrogen-bond acceptors (Lipinski definition) is 5. The van der Waals surface area contributed by atoms with Gasteiger partial charge in [0.1, 0.15) is 18.3 Å². The van der Waals surface area contributed by atoms with Crippen LogP contribution in [0.3, 0.4) is 0 Å². The minimum atomic E-state index is -0.0773. The lowest BCUT2D eigenvalue weighted by Gasteiger charge is -2.21. The molecule has 1 aliphatic heterocycles. The highest BCUT2D eigenvalue weighted by molar-refractivity contribution is 4.90. The molecule has 1 rings (SSSR count). The van der Waals surface area contributed by atoms with Gasteiger partial charge in [-0.2, -0.15) is 0 Å². The molecule has 1 heterocycles. The SMILES string of the molecule is COC[C@H]1O[C@@H](C)C(OCCN)[C@H]1OC. The third kappa shape index (κ3) is 3.12. The van der Waals surface area contributed by atoms with Crippen molar-refractivity contribution in [3.63, 3.8) is 0 Å². The third-order valence-electron chi connectivity index (χ3n) is 2.57. The van der Waals surface area contributed by atoms with Crippen molar-refractivity contribution in [2.45, 2.75) is 31.3 Å². The van der Waals surface area contributed by atoms with Crippen LogP contribution in [0.2, 0.25) is 0 Å². The van der Waals surface area contributed by atoms with Gasteiger partial charge in [0.25, 0.3) is 0 Å². The summed E-state index contributed by atoms with van der Waals surface area (Å²) in [5, 5.41) is 0. The fraction of sp³-hybridized carbons (Fsp3) is 1.00. The van der Waals surface area contributed by atoms with Crippen molar-refractivity contribution in [1.29, 1.82) is 0 Å². The van der Waals surface area contributed by atoms with E-state index in [4.69, 9.17) is 24.7 Å². The molecule has 1 saturated heterocycles. The molecule has 5 nitrogen and oxygen atoms in total. The monoisotopic (exact) mass is 219 g/mol. The molecule has 0 saturated carbocycles. The minimum absolute atomic E-state index is 0.0154. The highest BCUT2D eigenvalue weighted by Gasteiger charge is 2.43. The predicted molar refractivity (Wildman–Crippen MR) is 55.8 cm³/mol. The van der Waals surface area contributed by atoms with Gasteiger partial charge in [0.15, 0.2) is 0 Å². The van der Waals surface area contributed by atoms with Crippen LogP contribution in [-0.2, 0) is 18.9 Å². The molecule has 15 heavy (non-hydrogen) atoms. The molecule has 0 aromatic rings. The minimum Gasteiger partial charge on any atom is -0.382 e. The first-order valence-electron chi connectivity index (χ1n) is 5.23. The highest BCUT2D eigenvalue weighted by atomic mass is 16.6. The lowest BCUT2D eigenvalue weighted by Crippen LogP contribution is -2.38. The lowest BCUT2D eigenvalue weighted by atomic mass is 10.1.